The highest BCUT2D eigenvalue weighted by Gasteiger charge is 2.23. The monoisotopic (exact) mass is 593 g/mol. The molecule has 6 aromatic rings. The first-order chi connectivity index (χ1) is 20.8. The van der Waals surface area contributed by atoms with Gasteiger partial charge in [-0.15, -0.1) is 11.6 Å². The Hall–Kier alpha value is -4.73. The third kappa shape index (κ3) is 5.57. The average molecular weight is 594 g/mol. The van der Waals surface area contributed by atoms with E-state index in [2.05, 4.69) is 32.6 Å². The molecule has 2 aromatic carbocycles. The van der Waals surface area contributed by atoms with Gasteiger partial charge in [-0.1, -0.05) is 30.3 Å². The fourth-order valence-corrected chi connectivity index (χ4v) is 5.90. The van der Waals surface area contributed by atoms with E-state index in [4.69, 9.17) is 22.3 Å². The minimum Gasteiger partial charge on any atom is -0.398 e. The van der Waals surface area contributed by atoms with Gasteiger partial charge in [-0.05, 0) is 80.9 Å². The minimum atomic E-state index is -0.338. The number of pyridine rings is 2. The van der Waals surface area contributed by atoms with Crippen LogP contribution in [-0.2, 0) is 25.3 Å². The van der Waals surface area contributed by atoms with Gasteiger partial charge in [0.2, 0.25) is 0 Å². The highest BCUT2D eigenvalue weighted by atomic mass is 35.5. The number of imidazole rings is 2. The maximum Gasteiger partial charge on any atom is 0.279 e. The number of halogens is 1. The first-order valence-corrected chi connectivity index (χ1v) is 14.7. The van der Waals surface area contributed by atoms with Crippen molar-refractivity contribution in [1.82, 2.24) is 23.7 Å². The fraction of sp³-hybridized carbons (Fsp3) is 0.212. The van der Waals surface area contributed by atoms with Crippen molar-refractivity contribution < 1.29 is 4.92 Å². The van der Waals surface area contributed by atoms with E-state index in [0.717, 1.165) is 58.8 Å². The summed E-state index contributed by atoms with van der Waals surface area (Å²) < 4.78 is 4.00. The number of anilines is 1. The SMILES string of the molecule is CN(C)Cc1c(-c2ccccc2N)nc2cc(CCCc3ccc(-c4nc5ccccn5c4CCl)c([N+](=O)[O-])c3)ccn12. The summed E-state index contributed by atoms with van der Waals surface area (Å²) in [6.07, 6.45) is 6.28. The molecule has 9 nitrogen and oxygen atoms in total. The molecular weight excluding hydrogens is 562 g/mol. The number of fused-ring (bicyclic) bond motifs is 2. The molecule has 0 saturated heterocycles. The standard InChI is InChI=1S/C33H32ClN7O2/c1-38(2)21-29-32(24-10-3-4-11-26(24)35)37-31-19-23(15-17-40(29)31)9-7-8-22-13-14-25(27(18-22)41(42)43)33-28(20-34)39-16-6-5-12-30(39)36-33/h3-6,10-19H,7-9,20-21,35H2,1-2H3. The topological polar surface area (TPSA) is 107 Å². The summed E-state index contributed by atoms with van der Waals surface area (Å²) in [5, 5.41) is 12.1. The van der Waals surface area contributed by atoms with Crippen LogP contribution >= 0.6 is 11.6 Å². The van der Waals surface area contributed by atoms with Crippen molar-refractivity contribution in [2.75, 3.05) is 19.8 Å². The van der Waals surface area contributed by atoms with Crippen molar-refractivity contribution in [3.63, 3.8) is 0 Å². The predicted octanol–water partition coefficient (Wildman–Crippen LogP) is 6.78. The van der Waals surface area contributed by atoms with Crippen LogP contribution in [-0.4, -0.2) is 42.7 Å². The van der Waals surface area contributed by atoms with Crippen molar-refractivity contribution in [2.45, 2.75) is 31.7 Å². The Morgan fingerprint density at radius 1 is 0.837 bits per heavy atom. The number of hydrogen-bond donors (Lipinski definition) is 1. The van der Waals surface area contributed by atoms with Gasteiger partial charge in [0.25, 0.3) is 5.69 Å². The molecule has 0 aliphatic heterocycles. The average Bonchev–Trinajstić information content (AvgIpc) is 3.54. The van der Waals surface area contributed by atoms with Crippen LogP contribution in [0.1, 0.15) is 28.9 Å². The van der Waals surface area contributed by atoms with Crippen LogP contribution in [0.15, 0.2) is 85.2 Å². The van der Waals surface area contributed by atoms with Gasteiger partial charge in [-0.2, -0.15) is 0 Å². The highest BCUT2D eigenvalue weighted by molar-refractivity contribution is 6.17. The third-order valence-electron chi connectivity index (χ3n) is 7.67. The number of benzene rings is 2. The highest BCUT2D eigenvalue weighted by Crippen LogP contribution is 2.34. The van der Waals surface area contributed by atoms with Crippen molar-refractivity contribution in [2.24, 2.45) is 0 Å². The molecule has 2 N–H and O–H groups in total. The number of aryl methyl sites for hydroxylation is 2. The second-order valence-corrected chi connectivity index (χ2v) is 11.2. The molecule has 10 heteroatoms. The van der Waals surface area contributed by atoms with E-state index >= 15 is 0 Å². The van der Waals surface area contributed by atoms with Gasteiger partial charge in [-0.25, -0.2) is 9.97 Å². The van der Waals surface area contributed by atoms with E-state index in [1.165, 1.54) is 0 Å². The summed E-state index contributed by atoms with van der Waals surface area (Å²) in [6.45, 7) is 0.723. The van der Waals surface area contributed by atoms with Crippen molar-refractivity contribution in [1.29, 1.82) is 0 Å². The predicted molar refractivity (Wildman–Crippen MR) is 171 cm³/mol. The number of aromatic nitrogens is 4. The Kier molecular flexibility index (Phi) is 7.84. The van der Waals surface area contributed by atoms with Crippen LogP contribution in [0.25, 0.3) is 33.8 Å². The number of para-hydroxylation sites is 1. The Bertz CT molecular complexity index is 1960. The maximum absolute atomic E-state index is 12.1. The molecule has 0 radical (unpaired) electrons. The number of nitrogen functional groups attached to an aromatic ring is 1. The van der Waals surface area contributed by atoms with Crippen LogP contribution < -0.4 is 5.73 Å². The zero-order valence-corrected chi connectivity index (χ0v) is 24.8. The van der Waals surface area contributed by atoms with Crippen molar-refractivity contribution in [3.8, 4) is 22.5 Å². The number of nitrogens with zero attached hydrogens (tertiary/aromatic N) is 6. The number of alkyl halides is 1. The molecular formula is C33H32ClN7O2. The van der Waals surface area contributed by atoms with Crippen LogP contribution in [0.2, 0.25) is 0 Å². The number of nitro groups is 1. The van der Waals surface area contributed by atoms with E-state index in [-0.39, 0.29) is 16.5 Å². The van der Waals surface area contributed by atoms with Crippen molar-refractivity contribution in [3.05, 3.63) is 118 Å². The van der Waals surface area contributed by atoms with Gasteiger partial charge in [0.05, 0.1) is 33.4 Å². The lowest BCUT2D eigenvalue weighted by molar-refractivity contribution is -0.384. The molecule has 4 heterocycles. The molecule has 0 saturated carbocycles. The summed E-state index contributed by atoms with van der Waals surface area (Å²) in [4.78, 5) is 23.5. The molecule has 6 rings (SSSR count). The van der Waals surface area contributed by atoms with E-state index in [1.807, 2.05) is 73.2 Å². The van der Waals surface area contributed by atoms with Crippen LogP contribution in [0.4, 0.5) is 11.4 Å². The summed E-state index contributed by atoms with van der Waals surface area (Å²) in [6, 6.07) is 23.1. The van der Waals surface area contributed by atoms with E-state index < -0.39 is 0 Å². The van der Waals surface area contributed by atoms with E-state index in [1.54, 1.807) is 12.1 Å². The Morgan fingerprint density at radius 3 is 2.28 bits per heavy atom. The molecule has 0 fully saturated rings. The Labute approximate surface area is 254 Å². The number of hydrogen-bond acceptors (Lipinski definition) is 6. The van der Waals surface area contributed by atoms with Crippen LogP contribution in [0.3, 0.4) is 0 Å². The molecule has 0 spiro atoms. The fourth-order valence-electron chi connectivity index (χ4n) is 5.64. The number of nitro benzene ring substituents is 1. The van der Waals surface area contributed by atoms with Crippen LogP contribution in [0.5, 0.6) is 0 Å². The maximum atomic E-state index is 12.1. The van der Waals surface area contributed by atoms with Gasteiger partial charge >= 0.3 is 0 Å². The zero-order chi connectivity index (χ0) is 30.1. The summed E-state index contributed by atoms with van der Waals surface area (Å²) in [7, 11) is 4.08. The summed E-state index contributed by atoms with van der Waals surface area (Å²) in [5.41, 5.74) is 15.3. The molecule has 0 amide bonds. The van der Waals surface area contributed by atoms with Gasteiger partial charge in [0, 0.05) is 36.3 Å². The Morgan fingerprint density at radius 2 is 1.53 bits per heavy atom. The van der Waals surface area contributed by atoms with Gasteiger partial charge in [-0.3, -0.25) is 10.1 Å². The third-order valence-corrected chi connectivity index (χ3v) is 7.92. The lowest BCUT2D eigenvalue weighted by atomic mass is 10.0. The van der Waals surface area contributed by atoms with E-state index in [9.17, 15) is 10.1 Å². The second-order valence-electron chi connectivity index (χ2n) is 10.9. The zero-order valence-electron chi connectivity index (χ0n) is 24.1. The molecule has 0 aliphatic carbocycles. The molecule has 0 aliphatic rings. The minimum absolute atomic E-state index is 0.0345. The van der Waals surface area contributed by atoms with Gasteiger partial charge in [0.15, 0.2) is 0 Å². The van der Waals surface area contributed by atoms with Crippen molar-refractivity contribution >= 4 is 34.3 Å². The van der Waals surface area contributed by atoms with Gasteiger partial charge in [0.1, 0.15) is 17.0 Å². The summed E-state index contributed by atoms with van der Waals surface area (Å²) in [5.74, 6) is 0.192. The lowest BCUT2D eigenvalue weighted by Gasteiger charge is -2.12. The molecule has 0 unspecified atom stereocenters. The molecule has 4 aromatic heterocycles. The quantitative estimate of drug-likeness (QED) is 0.0812. The lowest BCUT2D eigenvalue weighted by Crippen LogP contribution is -2.13. The Balaban J connectivity index is 1.24. The molecule has 0 atom stereocenters. The van der Waals surface area contributed by atoms with Crippen LogP contribution in [0, 0.1) is 10.1 Å². The first-order valence-electron chi connectivity index (χ1n) is 14.1. The smallest absolute Gasteiger partial charge is 0.279 e. The molecule has 0 bridgehead atoms. The first kappa shape index (κ1) is 28.4. The number of nitrogens with two attached hydrogens (primary N) is 1. The molecule has 43 heavy (non-hydrogen) atoms. The largest absolute Gasteiger partial charge is 0.398 e. The summed E-state index contributed by atoms with van der Waals surface area (Å²) >= 11 is 6.25. The number of rotatable bonds is 10. The second kappa shape index (κ2) is 11.9. The van der Waals surface area contributed by atoms with E-state index in [0.29, 0.717) is 29.0 Å². The normalized spacial score (nSPS) is 11.6. The molecule has 218 valence electrons. The van der Waals surface area contributed by atoms with Gasteiger partial charge < -0.3 is 19.4 Å².